The molecule has 0 aromatic heterocycles. The van der Waals surface area contributed by atoms with Gasteiger partial charge in [-0.15, -0.1) is 0 Å². The van der Waals surface area contributed by atoms with Crippen molar-refractivity contribution in [3.05, 3.63) is 29.6 Å². The highest BCUT2D eigenvalue weighted by Crippen LogP contribution is 2.32. The van der Waals surface area contributed by atoms with Crippen LogP contribution in [0, 0.1) is 5.82 Å². The Morgan fingerprint density at radius 1 is 1.50 bits per heavy atom. The van der Waals surface area contributed by atoms with E-state index in [0.29, 0.717) is 5.75 Å². The summed E-state index contributed by atoms with van der Waals surface area (Å²) in [6.07, 6.45) is 0.983. The Morgan fingerprint density at radius 3 is 3.00 bits per heavy atom. The fraction of sp³-hybridized carbons (Fsp3) is 0.455. The third-order valence-electron chi connectivity index (χ3n) is 2.70. The Morgan fingerprint density at radius 2 is 2.36 bits per heavy atom. The molecule has 2 nitrogen and oxygen atoms in total. The maximum atomic E-state index is 13.6. The van der Waals surface area contributed by atoms with E-state index < -0.39 is 0 Å². The summed E-state index contributed by atoms with van der Waals surface area (Å²) in [5.41, 5.74) is 0.722. The monoisotopic (exact) mass is 195 g/mol. The summed E-state index contributed by atoms with van der Waals surface area (Å²) in [5, 5.41) is 3.23. The average Bonchev–Trinajstić information content (AvgIpc) is 2.70. The van der Waals surface area contributed by atoms with Gasteiger partial charge in [0.25, 0.3) is 0 Å². The lowest BCUT2D eigenvalue weighted by Crippen LogP contribution is -2.09. The first-order chi connectivity index (χ1) is 6.83. The zero-order chi connectivity index (χ0) is 9.97. The molecule has 0 bridgehead atoms. The number of rotatable bonds is 2. The summed E-state index contributed by atoms with van der Waals surface area (Å²) in [5.74, 6) is 0.767. The first kappa shape index (κ1) is 9.46. The smallest absolute Gasteiger partial charge is 0.130 e. The molecule has 1 heterocycles. The summed E-state index contributed by atoms with van der Waals surface area (Å²) in [6, 6.07) is 4.99. The van der Waals surface area contributed by atoms with Crippen LogP contribution in [0.5, 0.6) is 5.75 Å². The molecule has 1 aromatic rings. The van der Waals surface area contributed by atoms with Crippen LogP contribution in [0.2, 0.25) is 0 Å². The van der Waals surface area contributed by atoms with Gasteiger partial charge in [-0.1, -0.05) is 6.07 Å². The van der Waals surface area contributed by atoms with Crippen LogP contribution in [0.25, 0.3) is 0 Å². The van der Waals surface area contributed by atoms with E-state index in [-0.39, 0.29) is 11.7 Å². The Kier molecular flexibility index (Phi) is 2.68. The van der Waals surface area contributed by atoms with Crippen molar-refractivity contribution in [3.63, 3.8) is 0 Å². The topological polar surface area (TPSA) is 21.3 Å². The molecule has 1 atom stereocenters. The number of methoxy groups -OCH3 is 1. The Labute approximate surface area is 83.1 Å². The van der Waals surface area contributed by atoms with Crippen LogP contribution >= 0.6 is 0 Å². The van der Waals surface area contributed by atoms with Crippen LogP contribution in [-0.4, -0.2) is 20.2 Å². The molecule has 0 aliphatic carbocycles. The number of hydrogen-bond donors (Lipinski definition) is 1. The van der Waals surface area contributed by atoms with Crippen LogP contribution in [0.3, 0.4) is 0 Å². The molecular weight excluding hydrogens is 181 g/mol. The number of nitrogens with one attached hydrogen (secondary N) is 1. The van der Waals surface area contributed by atoms with Gasteiger partial charge in [0.1, 0.15) is 11.6 Å². The zero-order valence-corrected chi connectivity index (χ0v) is 8.22. The molecule has 0 amide bonds. The maximum Gasteiger partial charge on any atom is 0.130 e. The molecule has 3 heteroatoms. The van der Waals surface area contributed by atoms with Crippen molar-refractivity contribution in [2.75, 3.05) is 20.2 Å². The molecule has 0 saturated carbocycles. The van der Waals surface area contributed by atoms with Gasteiger partial charge in [0, 0.05) is 18.0 Å². The molecule has 2 rings (SSSR count). The minimum atomic E-state index is -0.155. The predicted molar refractivity (Wildman–Crippen MR) is 53.2 cm³/mol. The molecule has 76 valence electrons. The second-order valence-corrected chi connectivity index (χ2v) is 3.55. The van der Waals surface area contributed by atoms with E-state index in [9.17, 15) is 4.39 Å². The molecule has 1 aliphatic heterocycles. The zero-order valence-electron chi connectivity index (χ0n) is 8.22. The van der Waals surface area contributed by atoms with Gasteiger partial charge < -0.3 is 10.1 Å². The Balaban J connectivity index is 2.37. The fourth-order valence-corrected chi connectivity index (χ4v) is 1.99. The first-order valence-corrected chi connectivity index (χ1v) is 4.86. The van der Waals surface area contributed by atoms with Gasteiger partial charge in [-0.2, -0.15) is 0 Å². The molecule has 1 aliphatic rings. The van der Waals surface area contributed by atoms with Gasteiger partial charge in [-0.25, -0.2) is 4.39 Å². The molecule has 0 spiro atoms. The molecule has 0 radical (unpaired) electrons. The SMILES string of the molecule is COc1cccc(F)c1C1CCNC1. The third-order valence-corrected chi connectivity index (χ3v) is 2.70. The van der Waals surface area contributed by atoms with Gasteiger partial charge in [0.15, 0.2) is 0 Å². The normalized spacial score (nSPS) is 21.1. The number of halogens is 1. The quantitative estimate of drug-likeness (QED) is 0.778. The molecule has 14 heavy (non-hydrogen) atoms. The molecular formula is C11H14FNO. The van der Waals surface area contributed by atoms with Gasteiger partial charge >= 0.3 is 0 Å². The summed E-state index contributed by atoms with van der Waals surface area (Å²) < 4.78 is 18.8. The van der Waals surface area contributed by atoms with Crippen molar-refractivity contribution in [3.8, 4) is 5.75 Å². The first-order valence-electron chi connectivity index (χ1n) is 4.86. The lowest BCUT2D eigenvalue weighted by molar-refractivity contribution is 0.400. The summed E-state index contributed by atoms with van der Waals surface area (Å²) >= 11 is 0. The number of benzene rings is 1. The number of hydrogen-bond acceptors (Lipinski definition) is 2. The molecule has 1 fully saturated rings. The van der Waals surface area contributed by atoms with Crippen molar-refractivity contribution in [2.24, 2.45) is 0 Å². The standard InChI is InChI=1S/C11H14FNO/c1-14-10-4-2-3-9(12)11(10)8-5-6-13-7-8/h2-4,8,13H,5-7H2,1H3. The highest BCUT2D eigenvalue weighted by atomic mass is 19.1. The van der Waals surface area contributed by atoms with Crippen LogP contribution in [0.15, 0.2) is 18.2 Å². The number of ether oxygens (including phenoxy) is 1. The second kappa shape index (κ2) is 3.96. The van der Waals surface area contributed by atoms with Crippen molar-refractivity contribution >= 4 is 0 Å². The van der Waals surface area contributed by atoms with Gasteiger partial charge in [0.2, 0.25) is 0 Å². The molecule has 1 N–H and O–H groups in total. The van der Waals surface area contributed by atoms with E-state index in [1.54, 1.807) is 13.2 Å². The molecule has 1 aromatic carbocycles. The Hall–Kier alpha value is -1.09. The third kappa shape index (κ3) is 1.60. The molecule has 1 unspecified atom stereocenters. The molecule has 1 saturated heterocycles. The highest BCUT2D eigenvalue weighted by Gasteiger charge is 2.23. The van der Waals surface area contributed by atoms with Crippen LogP contribution in [0.4, 0.5) is 4.39 Å². The second-order valence-electron chi connectivity index (χ2n) is 3.55. The predicted octanol–water partition coefficient (Wildman–Crippen LogP) is 1.91. The minimum Gasteiger partial charge on any atom is -0.496 e. The maximum absolute atomic E-state index is 13.6. The summed E-state index contributed by atoms with van der Waals surface area (Å²) in [4.78, 5) is 0. The van der Waals surface area contributed by atoms with Crippen molar-refractivity contribution in [1.82, 2.24) is 5.32 Å². The van der Waals surface area contributed by atoms with E-state index in [4.69, 9.17) is 4.74 Å². The highest BCUT2D eigenvalue weighted by molar-refractivity contribution is 5.38. The summed E-state index contributed by atoms with van der Waals surface area (Å²) in [7, 11) is 1.58. The largest absolute Gasteiger partial charge is 0.496 e. The Bertz CT molecular complexity index is 321. The lowest BCUT2D eigenvalue weighted by atomic mass is 9.97. The van der Waals surface area contributed by atoms with E-state index in [2.05, 4.69) is 5.32 Å². The van der Waals surface area contributed by atoms with E-state index in [1.165, 1.54) is 6.07 Å². The van der Waals surface area contributed by atoms with E-state index >= 15 is 0 Å². The fourth-order valence-electron chi connectivity index (χ4n) is 1.99. The van der Waals surface area contributed by atoms with Gasteiger partial charge in [0.05, 0.1) is 7.11 Å². The van der Waals surface area contributed by atoms with Gasteiger partial charge in [-0.05, 0) is 25.1 Å². The van der Waals surface area contributed by atoms with Crippen molar-refractivity contribution in [2.45, 2.75) is 12.3 Å². The van der Waals surface area contributed by atoms with Crippen LogP contribution in [0.1, 0.15) is 17.9 Å². The summed E-state index contributed by atoms with van der Waals surface area (Å²) in [6.45, 7) is 1.81. The van der Waals surface area contributed by atoms with Crippen molar-refractivity contribution < 1.29 is 9.13 Å². The van der Waals surface area contributed by atoms with E-state index in [0.717, 1.165) is 25.1 Å². The van der Waals surface area contributed by atoms with Crippen LogP contribution < -0.4 is 10.1 Å². The average molecular weight is 195 g/mol. The van der Waals surface area contributed by atoms with Crippen LogP contribution in [-0.2, 0) is 0 Å². The van der Waals surface area contributed by atoms with Crippen molar-refractivity contribution in [1.29, 1.82) is 0 Å². The minimum absolute atomic E-state index is 0.155. The van der Waals surface area contributed by atoms with Gasteiger partial charge in [-0.3, -0.25) is 0 Å². The van der Waals surface area contributed by atoms with E-state index in [1.807, 2.05) is 6.07 Å². The lowest BCUT2D eigenvalue weighted by Gasteiger charge is -2.14.